The van der Waals surface area contributed by atoms with Crippen LogP contribution < -0.4 is 0 Å². The van der Waals surface area contributed by atoms with Crippen LogP contribution in [0, 0.1) is 0 Å². The molecular weight excluding hydrogens is 122 g/mol. The van der Waals surface area contributed by atoms with Gasteiger partial charge in [-0.15, -0.1) is 0 Å². The van der Waals surface area contributed by atoms with E-state index in [0.29, 0.717) is 0 Å². The van der Waals surface area contributed by atoms with Gasteiger partial charge in [-0.25, -0.2) is 9.18 Å². The highest BCUT2D eigenvalue weighted by Gasteiger charge is 1.99. The summed E-state index contributed by atoms with van der Waals surface area (Å²) in [6, 6.07) is 0. The van der Waals surface area contributed by atoms with Gasteiger partial charge in [0.25, 0.3) is 0 Å². The lowest BCUT2D eigenvalue weighted by molar-refractivity contribution is 0.211. The zero-order valence-corrected chi connectivity index (χ0v) is 4.11. The summed E-state index contributed by atoms with van der Waals surface area (Å²) in [4.78, 5) is 9.18. The van der Waals surface area contributed by atoms with Gasteiger partial charge in [-0.2, -0.15) is 0 Å². The van der Waals surface area contributed by atoms with Crippen LogP contribution in [0.1, 0.15) is 0 Å². The molecule has 0 aliphatic rings. The Labute approximate surface area is 45.2 Å². The first-order valence-corrected chi connectivity index (χ1v) is 1.97. The lowest BCUT2D eigenvalue weighted by Crippen LogP contribution is -2.04. The molecule has 0 saturated heterocycles. The highest BCUT2D eigenvalue weighted by Crippen LogP contribution is 1.94. The standard InChI is InChI=1S/C3H3ClFO2/c4-3(1-5)7-2-6/h3H,1H2. The molecule has 0 saturated carbocycles. The molecule has 0 amide bonds. The third kappa shape index (κ3) is 3.52. The van der Waals surface area contributed by atoms with E-state index < -0.39 is 12.2 Å². The van der Waals surface area contributed by atoms with Gasteiger partial charge in [-0.1, -0.05) is 11.6 Å². The summed E-state index contributed by atoms with van der Waals surface area (Å²) in [5.41, 5.74) is -1.17. The molecule has 1 radical (unpaired) electrons. The minimum atomic E-state index is -1.17. The molecule has 0 rings (SSSR count). The largest absolute Gasteiger partial charge is 0.435 e. The third-order valence-electron chi connectivity index (χ3n) is 0.297. The molecule has 0 spiro atoms. The fraction of sp³-hybridized carbons (Fsp3) is 0.667. The fourth-order valence-electron chi connectivity index (χ4n) is 0.0837. The minimum absolute atomic E-state index is 0.878. The molecule has 0 aromatic carbocycles. The van der Waals surface area contributed by atoms with Crippen LogP contribution in [0.5, 0.6) is 0 Å². The summed E-state index contributed by atoms with van der Waals surface area (Å²) >= 11 is 4.91. The SMILES string of the molecule is O=[C]OC(Cl)CF. The molecule has 4 heteroatoms. The van der Waals surface area contributed by atoms with Crippen LogP contribution in [0.25, 0.3) is 0 Å². The van der Waals surface area contributed by atoms with Crippen molar-refractivity contribution in [3.05, 3.63) is 0 Å². The summed E-state index contributed by atoms with van der Waals surface area (Å²) in [5, 5.41) is 0. The molecular formula is C3H3ClFO2. The quantitative estimate of drug-likeness (QED) is 0.517. The highest BCUT2D eigenvalue weighted by atomic mass is 35.5. The van der Waals surface area contributed by atoms with Crippen molar-refractivity contribution in [1.29, 1.82) is 0 Å². The summed E-state index contributed by atoms with van der Waals surface area (Å²) < 4.78 is 14.9. The van der Waals surface area contributed by atoms with E-state index in [2.05, 4.69) is 4.74 Å². The second-order valence-electron chi connectivity index (χ2n) is 0.766. The molecule has 0 aromatic heterocycles. The first-order valence-electron chi connectivity index (χ1n) is 1.54. The molecule has 0 aliphatic heterocycles. The molecule has 1 unspecified atom stereocenters. The van der Waals surface area contributed by atoms with Gasteiger partial charge in [-0.3, -0.25) is 0 Å². The van der Waals surface area contributed by atoms with Crippen LogP contribution in [0.15, 0.2) is 0 Å². The predicted octanol–water partition coefficient (Wildman–Crippen LogP) is 0.605. The number of alkyl halides is 2. The van der Waals surface area contributed by atoms with Crippen molar-refractivity contribution >= 4 is 18.1 Å². The van der Waals surface area contributed by atoms with Gasteiger partial charge in [0.2, 0.25) is 5.56 Å². The number of halogens is 2. The van der Waals surface area contributed by atoms with E-state index in [-0.39, 0.29) is 0 Å². The van der Waals surface area contributed by atoms with Gasteiger partial charge < -0.3 is 4.74 Å². The molecule has 0 aliphatic carbocycles. The number of rotatable bonds is 3. The highest BCUT2D eigenvalue weighted by molar-refractivity contribution is 6.20. The summed E-state index contributed by atoms with van der Waals surface area (Å²) in [6.45, 7) is 0.118. The van der Waals surface area contributed by atoms with E-state index in [0.717, 1.165) is 6.47 Å². The van der Waals surface area contributed by atoms with Crippen molar-refractivity contribution in [3.63, 3.8) is 0 Å². The van der Waals surface area contributed by atoms with Crippen molar-refractivity contribution in [2.75, 3.05) is 6.67 Å². The maximum absolute atomic E-state index is 11.1. The van der Waals surface area contributed by atoms with Gasteiger partial charge in [0.1, 0.15) is 6.67 Å². The molecule has 7 heavy (non-hydrogen) atoms. The maximum atomic E-state index is 11.1. The van der Waals surface area contributed by atoms with Gasteiger partial charge in [0.15, 0.2) is 0 Å². The Bertz CT molecular complexity index is 58.9. The van der Waals surface area contributed by atoms with E-state index in [4.69, 9.17) is 11.6 Å². The average Bonchev–Trinajstić information content (AvgIpc) is 1.68. The Hall–Kier alpha value is -0.310. The van der Waals surface area contributed by atoms with E-state index in [9.17, 15) is 9.18 Å². The van der Waals surface area contributed by atoms with Crippen LogP contribution in [-0.4, -0.2) is 18.7 Å². The molecule has 0 aromatic rings. The van der Waals surface area contributed by atoms with Crippen molar-refractivity contribution in [2.24, 2.45) is 0 Å². The molecule has 0 bridgehead atoms. The lowest BCUT2D eigenvalue weighted by atomic mass is 10.8. The second kappa shape index (κ2) is 3.87. The number of hydrogen-bond acceptors (Lipinski definition) is 2. The first-order chi connectivity index (χ1) is 3.31. The zero-order valence-electron chi connectivity index (χ0n) is 3.36. The van der Waals surface area contributed by atoms with Gasteiger partial charge >= 0.3 is 6.47 Å². The lowest BCUT2D eigenvalue weighted by Gasteiger charge is -1.95. The molecule has 1 atom stereocenters. The summed E-state index contributed by atoms with van der Waals surface area (Å²) in [7, 11) is 0. The predicted molar refractivity (Wildman–Crippen MR) is 22.4 cm³/mol. The Kier molecular flexibility index (Phi) is 3.69. The molecule has 2 nitrogen and oxygen atoms in total. The van der Waals surface area contributed by atoms with E-state index in [1.807, 2.05) is 0 Å². The van der Waals surface area contributed by atoms with E-state index in [1.54, 1.807) is 0 Å². The van der Waals surface area contributed by atoms with Crippen LogP contribution in [-0.2, 0) is 9.53 Å². The van der Waals surface area contributed by atoms with Crippen LogP contribution >= 0.6 is 11.6 Å². The number of ether oxygens (including phenoxy) is 1. The topological polar surface area (TPSA) is 26.3 Å². The Balaban J connectivity index is 2.98. The Morgan fingerprint density at radius 2 is 2.57 bits per heavy atom. The number of hydrogen-bond donors (Lipinski definition) is 0. The number of carbonyl (C=O) groups excluding carboxylic acids is 1. The smallest absolute Gasteiger partial charge is 0.419 e. The van der Waals surface area contributed by atoms with Gasteiger partial charge in [0, 0.05) is 0 Å². The zero-order chi connectivity index (χ0) is 5.70. The monoisotopic (exact) mass is 125 g/mol. The Morgan fingerprint density at radius 3 is 2.71 bits per heavy atom. The fourth-order valence-corrected chi connectivity index (χ4v) is 0.120. The molecule has 0 fully saturated rings. The Morgan fingerprint density at radius 1 is 2.00 bits per heavy atom. The van der Waals surface area contributed by atoms with E-state index in [1.165, 1.54) is 0 Å². The van der Waals surface area contributed by atoms with Crippen LogP contribution in [0.2, 0.25) is 0 Å². The molecule has 0 N–H and O–H groups in total. The van der Waals surface area contributed by atoms with E-state index >= 15 is 0 Å². The first kappa shape index (κ1) is 6.69. The third-order valence-corrected chi connectivity index (χ3v) is 0.503. The van der Waals surface area contributed by atoms with Crippen molar-refractivity contribution < 1.29 is 13.9 Å². The summed E-state index contributed by atoms with van der Waals surface area (Å²) in [5.74, 6) is 0. The molecule has 41 valence electrons. The maximum Gasteiger partial charge on any atom is 0.419 e. The normalized spacial score (nSPS) is 12.9. The van der Waals surface area contributed by atoms with Crippen LogP contribution in [0.3, 0.4) is 0 Å². The van der Waals surface area contributed by atoms with Gasteiger partial charge in [-0.05, 0) is 0 Å². The van der Waals surface area contributed by atoms with Gasteiger partial charge in [0.05, 0.1) is 0 Å². The molecule has 0 heterocycles. The second-order valence-corrected chi connectivity index (χ2v) is 1.25. The van der Waals surface area contributed by atoms with Crippen LogP contribution in [0.4, 0.5) is 4.39 Å². The summed E-state index contributed by atoms with van der Waals surface area (Å²) in [6.07, 6.45) is 0. The average molecular weight is 126 g/mol. The van der Waals surface area contributed by atoms with Crippen molar-refractivity contribution in [1.82, 2.24) is 0 Å². The van der Waals surface area contributed by atoms with Crippen molar-refractivity contribution in [3.8, 4) is 0 Å². The minimum Gasteiger partial charge on any atom is -0.435 e. The van der Waals surface area contributed by atoms with Crippen molar-refractivity contribution in [2.45, 2.75) is 5.56 Å².